The molecular formula is C11H12N2O4. The van der Waals surface area contributed by atoms with Crippen molar-refractivity contribution in [3.63, 3.8) is 0 Å². The van der Waals surface area contributed by atoms with E-state index in [2.05, 4.69) is 4.98 Å². The van der Waals surface area contributed by atoms with Gasteiger partial charge < -0.3 is 14.7 Å². The van der Waals surface area contributed by atoms with Crippen molar-refractivity contribution in [3.8, 4) is 11.5 Å². The van der Waals surface area contributed by atoms with Gasteiger partial charge in [0.2, 0.25) is 0 Å². The molecule has 2 aromatic rings. The van der Waals surface area contributed by atoms with Crippen LogP contribution in [0.15, 0.2) is 16.9 Å². The highest BCUT2D eigenvalue weighted by Gasteiger charge is 2.12. The fourth-order valence-electron chi connectivity index (χ4n) is 1.61. The van der Waals surface area contributed by atoms with Gasteiger partial charge in [-0.2, -0.15) is 0 Å². The van der Waals surface area contributed by atoms with Gasteiger partial charge >= 0.3 is 0 Å². The van der Waals surface area contributed by atoms with Crippen molar-refractivity contribution in [3.05, 3.63) is 28.3 Å². The van der Waals surface area contributed by atoms with E-state index >= 15 is 0 Å². The summed E-state index contributed by atoms with van der Waals surface area (Å²) in [5.41, 5.74) is -0.0797. The molecule has 0 aliphatic carbocycles. The maximum absolute atomic E-state index is 11.8. The highest BCUT2D eigenvalue weighted by Crippen LogP contribution is 2.29. The third kappa shape index (κ3) is 1.67. The minimum absolute atomic E-state index is 0.217. The second-order valence-corrected chi connectivity index (χ2v) is 3.50. The zero-order chi connectivity index (χ0) is 12.6. The molecule has 1 aromatic carbocycles. The van der Waals surface area contributed by atoms with Gasteiger partial charge in [0, 0.05) is 6.07 Å². The van der Waals surface area contributed by atoms with Crippen molar-refractivity contribution in [2.24, 2.45) is 0 Å². The second kappa shape index (κ2) is 3.97. The van der Waals surface area contributed by atoms with Crippen LogP contribution in [0.1, 0.15) is 5.82 Å². The van der Waals surface area contributed by atoms with E-state index in [1.165, 1.54) is 27.2 Å². The van der Waals surface area contributed by atoms with Crippen LogP contribution in [0.25, 0.3) is 10.9 Å². The van der Waals surface area contributed by atoms with Crippen molar-refractivity contribution in [2.45, 2.75) is 6.92 Å². The van der Waals surface area contributed by atoms with Gasteiger partial charge in [0.25, 0.3) is 5.56 Å². The highest BCUT2D eigenvalue weighted by atomic mass is 16.5. The maximum atomic E-state index is 11.8. The van der Waals surface area contributed by atoms with Gasteiger partial charge in [-0.1, -0.05) is 0 Å². The quantitative estimate of drug-likeness (QED) is 0.786. The summed E-state index contributed by atoms with van der Waals surface area (Å²) in [6.07, 6.45) is 0. The van der Waals surface area contributed by atoms with Gasteiger partial charge in [-0.05, 0) is 13.0 Å². The number of aryl methyl sites for hydroxylation is 1. The Morgan fingerprint density at radius 2 is 1.82 bits per heavy atom. The van der Waals surface area contributed by atoms with Crippen LogP contribution in [-0.2, 0) is 0 Å². The van der Waals surface area contributed by atoms with Gasteiger partial charge in [-0.15, -0.1) is 4.73 Å². The molecule has 0 atom stereocenters. The van der Waals surface area contributed by atoms with Crippen molar-refractivity contribution in [1.82, 2.24) is 9.71 Å². The predicted molar refractivity (Wildman–Crippen MR) is 61.0 cm³/mol. The van der Waals surface area contributed by atoms with Crippen LogP contribution in [-0.4, -0.2) is 29.1 Å². The van der Waals surface area contributed by atoms with Crippen LogP contribution < -0.4 is 15.0 Å². The van der Waals surface area contributed by atoms with E-state index in [1.807, 2.05) is 0 Å². The molecule has 1 aromatic heterocycles. The number of benzene rings is 1. The average Bonchev–Trinajstić information content (AvgIpc) is 2.34. The minimum atomic E-state index is -0.534. The predicted octanol–water partition coefficient (Wildman–Crippen LogP) is 0.959. The lowest BCUT2D eigenvalue weighted by Crippen LogP contribution is -2.21. The summed E-state index contributed by atoms with van der Waals surface area (Å²) in [5, 5.41) is 9.74. The largest absolute Gasteiger partial charge is 0.493 e. The number of fused-ring (bicyclic) bond motifs is 1. The molecule has 1 heterocycles. The van der Waals surface area contributed by atoms with Crippen LogP contribution in [0.2, 0.25) is 0 Å². The van der Waals surface area contributed by atoms with Gasteiger partial charge in [0.05, 0.1) is 25.1 Å². The Hall–Kier alpha value is -2.24. The lowest BCUT2D eigenvalue weighted by atomic mass is 10.2. The molecule has 2 rings (SSSR count). The summed E-state index contributed by atoms with van der Waals surface area (Å²) < 4.78 is 10.7. The SMILES string of the molecule is COc1cc2nc(C)n(O)c(=O)c2cc1OC. The van der Waals surface area contributed by atoms with E-state index in [0.717, 1.165) is 0 Å². The third-order valence-electron chi connectivity index (χ3n) is 2.51. The maximum Gasteiger partial charge on any atom is 0.294 e. The molecule has 6 nitrogen and oxygen atoms in total. The number of aromatic nitrogens is 2. The molecule has 6 heteroatoms. The summed E-state index contributed by atoms with van der Waals surface area (Å²) in [7, 11) is 2.98. The van der Waals surface area contributed by atoms with Crippen molar-refractivity contribution in [1.29, 1.82) is 0 Å². The molecule has 0 radical (unpaired) electrons. The monoisotopic (exact) mass is 236 g/mol. The Morgan fingerprint density at radius 1 is 1.24 bits per heavy atom. The van der Waals surface area contributed by atoms with Crippen LogP contribution >= 0.6 is 0 Å². The molecule has 17 heavy (non-hydrogen) atoms. The first kappa shape index (κ1) is 11.3. The molecule has 0 saturated heterocycles. The van der Waals surface area contributed by atoms with E-state index in [-0.39, 0.29) is 11.2 Å². The summed E-state index contributed by atoms with van der Waals surface area (Å²) in [5.74, 6) is 1.12. The van der Waals surface area contributed by atoms with Crippen LogP contribution in [0.4, 0.5) is 0 Å². The molecule has 0 spiro atoms. The van der Waals surface area contributed by atoms with Crippen LogP contribution in [0, 0.1) is 6.92 Å². The minimum Gasteiger partial charge on any atom is -0.493 e. The number of nitrogens with zero attached hydrogens (tertiary/aromatic N) is 2. The first-order chi connectivity index (χ1) is 8.08. The molecule has 0 aliphatic rings. The molecule has 0 fully saturated rings. The Balaban J connectivity index is 2.88. The molecule has 0 bridgehead atoms. The second-order valence-electron chi connectivity index (χ2n) is 3.50. The van der Waals surface area contributed by atoms with Crippen molar-refractivity contribution < 1.29 is 14.7 Å². The number of rotatable bonds is 2. The molecule has 0 amide bonds. The van der Waals surface area contributed by atoms with Gasteiger partial charge in [0.1, 0.15) is 5.82 Å². The fourth-order valence-corrected chi connectivity index (χ4v) is 1.61. The smallest absolute Gasteiger partial charge is 0.294 e. The summed E-state index contributed by atoms with van der Waals surface area (Å²) in [6.45, 7) is 1.54. The van der Waals surface area contributed by atoms with Crippen molar-refractivity contribution in [2.75, 3.05) is 14.2 Å². The zero-order valence-electron chi connectivity index (χ0n) is 9.72. The lowest BCUT2D eigenvalue weighted by Gasteiger charge is -2.09. The fraction of sp³-hybridized carbons (Fsp3) is 0.273. The molecule has 0 saturated carbocycles. The van der Waals surface area contributed by atoms with Crippen LogP contribution in [0.5, 0.6) is 11.5 Å². The topological polar surface area (TPSA) is 73.6 Å². The molecule has 90 valence electrons. The first-order valence-electron chi connectivity index (χ1n) is 4.93. The van der Waals surface area contributed by atoms with Crippen molar-refractivity contribution >= 4 is 10.9 Å². The molecule has 0 unspecified atom stereocenters. The van der Waals surface area contributed by atoms with E-state index in [9.17, 15) is 10.0 Å². The average molecular weight is 236 g/mol. The molecule has 0 aliphatic heterocycles. The molecular weight excluding hydrogens is 224 g/mol. The molecule has 1 N–H and O–H groups in total. The highest BCUT2D eigenvalue weighted by molar-refractivity contribution is 5.81. The summed E-state index contributed by atoms with van der Waals surface area (Å²) in [4.78, 5) is 15.9. The summed E-state index contributed by atoms with van der Waals surface area (Å²) >= 11 is 0. The first-order valence-corrected chi connectivity index (χ1v) is 4.93. The number of hydrogen-bond donors (Lipinski definition) is 1. The zero-order valence-corrected chi connectivity index (χ0v) is 9.72. The van der Waals surface area contributed by atoms with E-state index in [1.54, 1.807) is 6.07 Å². The van der Waals surface area contributed by atoms with E-state index < -0.39 is 5.56 Å². The normalized spacial score (nSPS) is 10.5. The van der Waals surface area contributed by atoms with Gasteiger partial charge in [-0.3, -0.25) is 4.79 Å². The van der Waals surface area contributed by atoms with Gasteiger partial charge in [0.15, 0.2) is 11.5 Å². The Bertz CT molecular complexity index is 633. The third-order valence-corrected chi connectivity index (χ3v) is 2.51. The Kier molecular flexibility index (Phi) is 2.63. The van der Waals surface area contributed by atoms with E-state index in [0.29, 0.717) is 21.7 Å². The van der Waals surface area contributed by atoms with E-state index in [4.69, 9.17) is 9.47 Å². The van der Waals surface area contributed by atoms with Gasteiger partial charge in [-0.25, -0.2) is 4.98 Å². The Morgan fingerprint density at radius 3 is 2.41 bits per heavy atom. The standard InChI is InChI=1S/C11H12N2O4/c1-6-12-8-5-10(17-3)9(16-2)4-7(8)11(14)13(6)15/h4-5,15H,1-3H3. The Labute approximate surface area is 97.0 Å². The lowest BCUT2D eigenvalue weighted by molar-refractivity contribution is 0.166. The summed E-state index contributed by atoms with van der Waals surface area (Å²) in [6, 6.07) is 3.10. The number of ether oxygens (including phenoxy) is 2. The number of hydrogen-bond acceptors (Lipinski definition) is 5. The van der Waals surface area contributed by atoms with Crippen LogP contribution in [0.3, 0.4) is 0 Å². The number of methoxy groups -OCH3 is 2.